The molecule has 21 heavy (non-hydrogen) atoms. The molecule has 0 radical (unpaired) electrons. The van der Waals surface area contributed by atoms with E-state index in [9.17, 15) is 35.1 Å². The summed E-state index contributed by atoms with van der Waals surface area (Å²) in [5.74, 6) is -15.4. The third-order valence-electron chi connectivity index (χ3n) is 2.51. The second-order valence-corrected chi connectivity index (χ2v) is 4.40. The Morgan fingerprint density at radius 2 is 1.52 bits per heavy atom. The molecule has 0 atom stereocenters. The van der Waals surface area contributed by atoms with Gasteiger partial charge in [0.2, 0.25) is 0 Å². The van der Waals surface area contributed by atoms with Crippen LogP contribution in [-0.2, 0) is 6.42 Å². The van der Waals surface area contributed by atoms with E-state index in [4.69, 9.17) is 11.6 Å². The second-order valence-electron chi connectivity index (χ2n) is 3.99. The van der Waals surface area contributed by atoms with Crippen molar-refractivity contribution in [3.8, 4) is 0 Å². The van der Waals surface area contributed by atoms with Crippen molar-refractivity contribution in [2.45, 2.75) is 24.4 Å². The van der Waals surface area contributed by atoms with E-state index in [1.165, 1.54) is 24.3 Å². The van der Waals surface area contributed by atoms with Crippen LogP contribution in [0.4, 0.5) is 35.1 Å². The quantitative estimate of drug-likeness (QED) is 0.630. The summed E-state index contributed by atoms with van der Waals surface area (Å²) in [6, 6.07) is 5.49. The summed E-state index contributed by atoms with van der Waals surface area (Å²) >= 11 is 5.62. The molecule has 0 aliphatic carbocycles. The number of halogens is 9. The SMILES string of the molecule is F/C(=C/Cc1ccccc1Cl)C(F)(F)C(F)(F)C(F)(F)F. The van der Waals surface area contributed by atoms with Crippen molar-refractivity contribution >= 4 is 11.6 Å². The summed E-state index contributed by atoms with van der Waals surface area (Å²) in [5, 5.41) is 0.0347. The average Bonchev–Trinajstić information content (AvgIpc) is 2.35. The molecule has 0 nitrogen and oxygen atoms in total. The van der Waals surface area contributed by atoms with Gasteiger partial charge in [0.15, 0.2) is 5.83 Å². The van der Waals surface area contributed by atoms with Crippen molar-refractivity contribution in [1.82, 2.24) is 0 Å². The van der Waals surface area contributed by atoms with Crippen LogP contribution >= 0.6 is 11.6 Å². The van der Waals surface area contributed by atoms with E-state index in [-0.39, 0.29) is 16.7 Å². The summed E-state index contributed by atoms with van der Waals surface area (Å²) in [6.07, 6.45) is -7.29. The summed E-state index contributed by atoms with van der Waals surface area (Å²) in [7, 11) is 0. The average molecular weight is 339 g/mol. The Balaban J connectivity index is 3.04. The molecule has 9 heteroatoms. The molecule has 0 saturated heterocycles. The fourth-order valence-electron chi connectivity index (χ4n) is 1.32. The zero-order chi connectivity index (χ0) is 16.5. The van der Waals surface area contributed by atoms with Crippen LogP contribution in [0.3, 0.4) is 0 Å². The molecule has 1 aromatic carbocycles. The first-order chi connectivity index (χ1) is 9.41. The lowest BCUT2D eigenvalue weighted by Gasteiger charge is -2.26. The first-order valence-electron chi connectivity index (χ1n) is 5.33. The Bertz CT molecular complexity index is 532. The van der Waals surface area contributed by atoms with Gasteiger partial charge in [-0.3, -0.25) is 0 Å². The predicted octanol–water partition coefficient (Wildman–Crippen LogP) is 5.57. The largest absolute Gasteiger partial charge is 0.460 e. The summed E-state index contributed by atoms with van der Waals surface area (Å²) in [4.78, 5) is 0. The molecule has 0 N–H and O–H groups in total. The Morgan fingerprint density at radius 3 is 2.00 bits per heavy atom. The highest BCUT2D eigenvalue weighted by molar-refractivity contribution is 6.31. The number of rotatable bonds is 4. The molecule has 0 spiro atoms. The highest BCUT2D eigenvalue weighted by atomic mass is 35.5. The zero-order valence-electron chi connectivity index (χ0n) is 10.00. The Kier molecular flexibility index (Phi) is 4.92. The Labute approximate surface area is 119 Å². The van der Waals surface area contributed by atoms with Crippen molar-refractivity contribution in [2.24, 2.45) is 0 Å². The van der Waals surface area contributed by atoms with Crippen LogP contribution in [0.5, 0.6) is 0 Å². The van der Waals surface area contributed by atoms with Gasteiger partial charge in [-0.25, -0.2) is 4.39 Å². The number of hydrogen-bond donors (Lipinski definition) is 0. The number of hydrogen-bond acceptors (Lipinski definition) is 0. The number of benzene rings is 1. The molecule has 0 bridgehead atoms. The van der Waals surface area contributed by atoms with E-state index in [0.717, 1.165) is 0 Å². The molecular formula is C12H7ClF8. The van der Waals surface area contributed by atoms with Crippen LogP contribution in [0.2, 0.25) is 5.02 Å². The van der Waals surface area contributed by atoms with Crippen LogP contribution < -0.4 is 0 Å². The smallest absolute Gasteiger partial charge is 0.205 e. The van der Waals surface area contributed by atoms with E-state index < -0.39 is 30.3 Å². The van der Waals surface area contributed by atoms with Gasteiger partial charge in [-0.1, -0.05) is 29.8 Å². The van der Waals surface area contributed by atoms with E-state index in [1.807, 2.05) is 0 Å². The fourth-order valence-corrected chi connectivity index (χ4v) is 1.53. The van der Waals surface area contributed by atoms with Crippen LogP contribution in [0.15, 0.2) is 36.2 Å². The summed E-state index contributed by atoms with van der Waals surface area (Å²) in [5.41, 5.74) is 0.0976. The van der Waals surface area contributed by atoms with Crippen molar-refractivity contribution in [3.63, 3.8) is 0 Å². The van der Waals surface area contributed by atoms with E-state index in [2.05, 4.69) is 0 Å². The van der Waals surface area contributed by atoms with Crippen LogP contribution in [0, 0.1) is 0 Å². The minimum absolute atomic E-state index is 0.0347. The molecule has 0 aliphatic heterocycles. The molecule has 0 fully saturated rings. The molecular weight excluding hydrogens is 332 g/mol. The molecule has 0 aromatic heterocycles. The van der Waals surface area contributed by atoms with Crippen molar-refractivity contribution < 1.29 is 35.1 Å². The van der Waals surface area contributed by atoms with Gasteiger partial charge in [0.25, 0.3) is 0 Å². The van der Waals surface area contributed by atoms with Crippen molar-refractivity contribution in [3.05, 3.63) is 46.8 Å². The fraction of sp³-hybridized carbons (Fsp3) is 0.333. The van der Waals surface area contributed by atoms with Crippen LogP contribution in [-0.4, -0.2) is 18.0 Å². The van der Waals surface area contributed by atoms with E-state index >= 15 is 0 Å². The molecule has 1 aromatic rings. The first-order valence-corrected chi connectivity index (χ1v) is 5.71. The van der Waals surface area contributed by atoms with E-state index in [0.29, 0.717) is 0 Å². The normalized spacial score (nSPS) is 14.4. The molecule has 1 rings (SSSR count). The zero-order valence-corrected chi connectivity index (χ0v) is 10.8. The lowest BCUT2D eigenvalue weighted by atomic mass is 10.1. The van der Waals surface area contributed by atoms with Gasteiger partial charge in [-0.15, -0.1) is 0 Å². The standard InChI is InChI=1S/C12H7ClF8/c13-8-4-2-1-3-7(8)5-6-9(14)10(15,16)11(17,18)12(19,20)21/h1-4,6H,5H2/b9-6+. The number of allylic oxidation sites excluding steroid dienone is 2. The third kappa shape index (κ3) is 3.48. The van der Waals surface area contributed by atoms with Crippen molar-refractivity contribution in [1.29, 1.82) is 0 Å². The maximum Gasteiger partial charge on any atom is 0.460 e. The topological polar surface area (TPSA) is 0 Å². The highest BCUT2D eigenvalue weighted by Crippen LogP contribution is 2.50. The molecule has 0 amide bonds. The summed E-state index contributed by atoms with van der Waals surface area (Å²) < 4.78 is 99.8. The predicted molar refractivity (Wildman–Crippen MR) is 60.3 cm³/mol. The molecule has 118 valence electrons. The second kappa shape index (κ2) is 5.82. The monoisotopic (exact) mass is 338 g/mol. The first kappa shape index (κ1) is 17.7. The maximum absolute atomic E-state index is 13.1. The summed E-state index contributed by atoms with van der Waals surface area (Å²) in [6.45, 7) is 0. The molecule has 0 saturated carbocycles. The van der Waals surface area contributed by atoms with Gasteiger partial charge >= 0.3 is 18.0 Å². The van der Waals surface area contributed by atoms with Gasteiger partial charge in [0.1, 0.15) is 0 Å². The van der Waals surface area contributed by atoms with Gasteiger partial charge in [-0.2, -0.15) is 30.7 Å². The van der Waals surface area contributed by atoms with Gasteiger partial charge in [-0.05, 0) is 24.1 Å². The lowest BCUT2D eigenvalue weighted by molar-refractivity contribution is -0.347. The molecule has 0 aliphatic rings. The maximum atomic E-state index is 13.1. The van der Waals surface area contributed by atoms with Gasteiger partial charge < -0.3 is 0 Å². The minimum Gasteiger partial charge on any atom is -0.205 e. The molecule has 0 heterocycles. The van der Waals surface area contributed by atoms with Gasteiger partial charge in [0, 0.05) is 5.02 Å². The Morgan fingerprint density at radius 1 is 1.00 bits per heavy atom. The van der Waals surface area contributed by atoms with Crippen molar-refractivity contribution in [2.75, 3.05) is 0 Å². The van der Waals surface area contributed by atoms with Crippen LogP contribution in [0.1, 0.15) is 5.56 Å². The third-order valence-corrected chi connectivity index (χ3v) is 2.88. The highest BCUT2D eigenvalue weighted by Gasteiger charge is 2.74. The van der Waals surface area contributed by atoms with E-state index in [1.54, 1.807) is 0 Å². The van der Waals surface area contributed by atoms with Crippen LogP contribution in [0.25, 0.3) is 0 Å². The molecule has 0 unspecified atom stereocenters. The minimum atomic E-state index is -6.58. The Hall–Kier alpha value is -1.31. The van der Waals surface area contributed by atoms with Gasteiger partial charge in [0.05, 0.1) is 0 Å². The number of alkyl halides is 7. The lowest BCUT2D eigenvalue weighted by Crippen LogP contribution is -2.52.